The summed E-state index contributed by atoms with van der Waals surface area (Å²) in [5, 5.41) is 3.76. The Bertz CT molecular complexity index is 335. The minimum absolute atomic E-state index is 0.592. The molecule has 1 aliphatic heterocycles. The van der Waals surface area contributed by atoms with Crippen LogP contribution in [0.15, 0.2) is 35.5 Å². The molecule has 0 aromatic rings. The van der Waals surface area contributed by atoms with Crippen molar-refractivity contribution in [2.45, 2.75) is 38.3 Å². The van der Waals surface area contributed by atoms with Crippen molar-refractivity contribution in [1.82, 2.24) is 5.32 Å². The first-order chi connectivity index (χ1) is 6.86. The molecule has 0 aromatic carbocycles. The van der Waals surface area contributed by atoms with Crippen LogP contribution in [-0.4, -0.2) is 12.1 Å². The molecular weight excluding hydrogens is 170 g/mol. The molecule has 1 N–H and O–H groups in total. The Balaban J connectivity index is 1.97. The van der Waals surface area contributed by atoms with E-state index in [4.69, 9.17) is 0 Å². The summed E-state index contributed by atoms with van der Waals surface area (Å²) in [6, 6.07) is 1.26. The van der Waals surface area contributed by atoms with E-state index in [1.807, 2.05) is 0 Å². The number of rotatable bonds is 0. The van der Waals surface area contributed by atoms with Gasteiger partial charge in [-0.25, -0.2) is 0 Å². The molecule has 0 saturated carbocycles. The van der Waals surface area contributed by atoms with Gasteiger partial charge in [0, 0.05) is 18.0 Å². The van der Waals surface area contributed by atoms with Gasteiger partial charge in [-0.15, -0.1) is 0 Å². The zero-order valence-electron chi connectivity index (χ0n) is 8.66. The van der Waals surface area contributed by atoms with E-state index in [9.17, 15) is 0 Å². The number of hydrogen-bond acceptors (Lipinski definition) is 1. The molecule has 3 rings (SSSR count). The Kier molecular flexibility index (Phi) is 1.88. The van der Waals surface area contributed by atoms with Crippen LogP contribution < -0.4 is 5.32 Å². The normalized spacial score (nSPS) is 39.9. The Morgan fingerprint density at radius 1 is 1.43 bits per heavy atom. The smallest absolute Gasteiger partial charge is 0.0386 e. The van der Waals surface area contributed by atoms with Gasteiger partial charge in [0.15, 0.2) is 0 Å². The summed E-state index contributed by atoms with van der Waals surface area (Å²) in [5.74, 6) is 0.658. The van der Waals surface area contributed by atoms with Crippen molar-refractivity contribution < 1.29 is 0 Å². The van der Waals surface area contributed by atoms with Crippen LogP contribution in [0.3, 0.4) is 0 Å². The first-order valence-corrected chi connectivity index (χ1v) is 5.67. The number of fused-ring (bicyclic) bond motifs is 3. The molecule has 0 aromatic heterocycles. The number of hydrogen-bond donors (Lipinski definition) is 1. The summed E-state index contributed by atoms with van der Waals surface area (Å²) in [4.78, 5) is 0. The van der Waals surface area contributed by atoms with Crippen LogP contribution in [0.2, 0.25) is 0 Å². The van der Waals surface area contributed by atoms with E-state index >= 15 is 0 Å². The molecule has 3 aliphatic rings. The maximum absolute atomic E-state index is 3.76. The van der Waals surface area contributed by atoms with Gasteiger partial charge in [0.25, 0.3) is 0 Å². The third-order valence-corrected chi connectivity index (χ3v) is 3.77. The molecule has 1 heteroatoms. The summed E-state index contributed by atoms with van der Waals surface area (Å²) in [5.41, 5.74) is 3.15. The molecule has 74 valence electrons. The molecule has 2 aliphatic carbocycles. The molecule has 0 bridgehead atoms. The van der Waals surface area contributed by atoms with Crippen LogP contribution in [-0.2, 0) is 0 Å². The molecule has 1 fully saturated rings. The van der Waals surface area contributed by atoms with Gasteiger partial charge in [0.1, 0.15) is 0 Å². The lowest BCUT2D eigenvalue weighted by Crippen LogP contribution is -2.33. The fourth-order valence-corrected chi connectivity index (χ4v) is 3.03. The van der Waals surface area contributed by atoms with Gasteiger partial charge >= 0.3 is 0 Å². The van der Waals surface area contributed by atoms with Gasteiger partial charge in [-0.2, -0.15) is 0 Å². The lowest BCUT2D eigenvalue weighted by atomic mass is 9.83. The molecule has 3 atom stereocenters. The van der Waals surface area contributed by atoms with Crippen molar-refractivity contribution in [3.05, 3.63) is 35.5 Å². The second-order valence-electron chi connectivity index (χ2n) is 4.65. The molecule has 3 unspecified atom stereocenters. The minimum Gasteiger partial charge on any atom is -0.303 e. The highest BCUT2D eigenvalue weighted by atomic mass is 15.0. The third kappa shape index (κ3) is 1.12. The summed E-state index contributed by atoms with van der Waals surface area (Å²) in [7, 11) is 0. The quantitative estimate of drug-likeness (QED) is 0.575. The van der Waals surface area contributed by atoms with Crippen LogP contribution in [0.25, 0.3) is 0 Å². The summed E-state index contributed by atoms with van der Waals surface area (Å²) in [6.45, 7) is 2.24. The van der Waals surface area contributed by atoms with E-state index in [2.05, 4.69) is 36.5 Å². The van der Waals surface area contributed by atoms with Gasteiger partial charge in [0.05, 0.1) is 0 Å². The Morgan fingerprint density at radius 3 is 3.29 bits per heavy atom. The molecule has 0 spiro atoms. The highest BCUT2D eigenvalue weighted by Crippen LogP contribution is 2.38. The average Bonchev–Trinajstić information content (AvgIpc) is 2.59. The fourth-order valence-electron chi connectivity index (χ4n) is 3.03. The van der Waals surface area contributed by atoms with E-state index in [0.29, 0.717) is 18.0 Å². The lowest BCUT2D eigenvalue weighted by Gasteiger charge is -2.21. The van der Waals surface area contributed by atoms with Gasteiger partial charge in [-0.1, -0.05) is 29.9 Å². The molecule has 0 amide bonds. The van der Waals surface area contributed by atoms with E-state index in [1.54, 1.807) is 5.57 Å². The SMILES string of the molecule is CC1=CC=CC2C3=CCCCC3NC12. The van der Waals surface area contributed by atoms with Crippen molar-refractivity contribution in [3.63, 3.8) is 0 Å². The predicted molar refractivity (Wildman–Crippen MR) is 59.0 cm³/mol. The van der Waals surface area contributed by atoms with Crippen molar-refractivity contribution in [2.75, 3.05) is 0 Å². The summed E-state index contributed by atoms with van der Waals surface area (Å²) < 4.78 is 0. The number of allylic oxidation sites excluding steroid dienone is 3. The summed E-state index contributed by atoms with van der Waals surface area (Å²) in [6.07, 6.45) is 13.3. The largest absolute Gasteiger partial charge is 0.303 e. The maximum Gasteiger partial charge on any atom is 0.0386 e. The van der Waals surface area contributed by atoms with Gasteiger partial charge in [0.2, 0.25) is 0 Å². The highest BCUT2D eigenvalue weighted by Gasteiger charge is 2.38. The topological polar surface area (TPSA) is 12.0 Å². The van der Waals surface area contributed by atoms with Gasteiger partial charge < -0.3 is 5.32 Å². The van der Waals surface area contributed by atoms with Gasteiger partial charge in [-0.05, 0) is 31.8 Å². The van der Waals surface area contributed by atoms with Crippen LogP contribution in [0.4, 0.5) is 0 Å². The van der Waals surface area contributed by atoms with Crippen LogP contribution in [0.5, 0.6) is 0 Å². The summed E-state index contributed by atoms with van der Waals surface area (Å²) >= 11 is 0. The van der Waals surface area contributed by atoms with Gasteiger partial charge in [-0.3, -0.25) is 0 Å². The average molecular weight is 187 g/mol. The van der Waals surface area contributed by atoms with Crippen molar-refractivity contribution in [2.24, 2.45) is 5.92 Å². The zero-order valence-corrected chi connectivity index (χ0v) is 8.66. The van der Waals surface area contributed by atoms with E-state index in [1.165, 1.54) is 24.8 Å². The standard InChI is InChI=1S/C13H17N/c1-9-5-4-7-11-10-6-2-3-8-12(10)14-13(9)11/h4-7,11-14H,2-3,8H2,1H3. The lowest BCUT2D eigenvalue weighted by molar-refractivity contribution is 0.526. The van der Waals surface area contributed by atoms with Crippen molar-refractivity contribution in [1.29, 1.82) is 0 Å². The second kappa shape index (κ2) is 3.09. The van der Waals surface area contributed by atoms with E-state index in [0.717, 1.165) is 0 Å². The molecule has 0 radical (unpaired) electrons. The molecule has 1 heterocycles. The fraction of sp³-hybridized carbons (Fsp3) is 0.538. The Hall–Kier alpha value is -0.820. The maximum atomic E-state index is 3.76. The third-order valence-electron chi connectivity index (χ3n) is 3.77. The molecule has 14 heavy (non-hydrogen) atoms. The minimum atomic E-state index is 0.592. The molecule has 1 nitrogen and oxygen atoms in total. The van der Waals surface area contributed by atoms with E-state index in [-0.39, 0.29) is 0 Å². The zero-order chi connectivity index (χ0) is 9.54. The monoisotopic (exact) mass is 187 g/mol. The highest BCUT2D eigenvalue weighted by molar-refractivity contribution is 5.39. The Morgan fingerprint density at radius 2 is 2.36 bits per heavy atom. The first kappa shape index (κ1) is 8.49. The first-order valence-electron chi connectivity index (χ1n) is 5.67. The van der Waals surface area contributed by atoms with Crippen LogP contribution >= 0.6 is 0 Å². The van der Waals surface area contributed by atoms with Crippen LogP contribution in [0, 0.1) is 5.92 Å². The van der Waals surface area contributed by atoms with E-state index < -0.39 is 0 Å². The van der Waals surface area contributed by atoms with Crippen molar-refractivity contribution in [3.8, 4) is 0 Å². The predicted octanol–water partition coefficient (Wildman–Crippen LogP) is 2.57. The van der Waals surface area contributed by atoms with Crippen molar-refractivity contribution >= 4 is 0 Å². The number of nitrogens with one attached hydrogen (secondary N) is 1. The Labute approximate surface area is 85.6 Å². The van der Waals surface area contributed by atoms with Crippen LogP contribution in [0.1, 0.15) is 26.2 Å². The molecule has 1 saturated heterocycles. The molecular formula is C13H17N. The second-order valence-corrected chi connectivity index (χ2v) is 4.65.